The Hall–Kier alpha value is -1.60. The minimum absolute atomic E-state index is 0.0448. The van der Waals surface area contributed by atoms with Crippen molar-refractivity contribution in [2.75, 3.05) is 19.7 Å². The number of aromatic nitrogens is 2. The number of aryl methyl sites for hydroxylation is 1. The summed E-state index contributed by atoms with van der Waals surface area (Å²) in [5, 5.41) is 5.58. The number of piperidine rings is 1. The van der Waals surface area contributed by atoms with Crippen molar-refractivity contribution >= 4 is 29.1 Å². The predicted molar refractivity (Wildman–Crippen MR) is 114 cm³/mol. The van der Waals surface area contributed by atoms with Crippen molar-refractivity contribution < 1.29 is 9.53 Å². The smallest absolute Gasteiger partial charge is 0.274 e. The molecule has 29 heavy (non-hydrogen) atoms. The highest BCUT2D eigenvalue weighted by Gasteiger charge is 2.32. The second-order valence-electron chi connectivity index (χ2n) is 8.00. The third kappa shape index (κ3) is 4.45. The summed E-state index contributed by atoms with van der Waals surface area (Å²) in [6, 6.07) is 7.28. The summed E-state index contributed by atoms with van der Waals surface area (Å²) < 4.78 is 7.63. The Morgan fingerprint density at radius 3 is 2.66 bits per heavy atom. The van der Waals surface area contributed by atoms with E-state index in [9.17, 15) is 4.79 Å². The van der Waals surface area contributed by atoms with Gasteiger partial charge in [-0.15, -0.1) is 0 Å². The Bertz CT molecular complexity index is 893. The molecular weight excluding hydrogens is 411 g/mol. The first kappa shape index (κ1) is 20.7. The average molecular weight is 437 g/mol. The molecule has 0 radical (unpaired) electrons. The van der Waals surface area contributed by atoms with Gasteiger partial charge in [0.15, 0.2) is 5.69 Å². The molecule has 3 heterocycles. The molecule has 2 saturated heterocycles. The van der Waals surface area contributed by atoms with Crippen molar-refractivity contribution in [3.05, 3.63) is 45.7 Å². The quantitative estimate of drug-likeness (QED) is 0.792. The van der Waals surface area contributed by atoms with Gasteiger partial charge in [0.2, 0.25) is 0 Å². The fourth-order valence-electron chi connectivity index (χ4n) is 4.30. The van der Waals surface area contributed by atoms with E-state index in [1.807, 2.05) is 17.9 Å². The molecule has 2 unspecified atom stereocenters. The van der Waals surface area contributed by atoms with Crippen molar-refractivity contribution in [3.63, 3.8) is 0 Å². The number of nitrogens with two attached hydrogens (primary N) is 1. The van der Waals surface area contributed by atoms with Crippen LogP contribution in [-0.4, -0.2) is 52.4 Å². The maximum atomic E-state index is 13.0. The number of ether oxygens (including phenoxy) is 1. The molecule has 4 rings (SSSR count). The minimum Gasteiger partial charge on any atom is -0.378 e. The van der Waals surface area contributed by atoms with Gasteiger partial charge < -0.3 is 15.4 Å². The highest BCUT2D eigenvalue weighted by molar-refractivity contribution is 6.35. The molecule has 2 aromatic rings. The number of hydrogen-bond donors (Lipinski definition) is 1. The van der Waals surface area contributed by atoms with Gasteiger partial charge in [-0.25, -0.2) is 4.68 Å². The van der Waals surface area contributed by atoms with Crippen molar-refractivity contribution in [1.29, 1.82) is 0 Å². The van der Waals surface area contributed by atoms with E-state index in [4.69, 9.17) is 33.7 Å². The van der Waals surface area contributed by atoms with Crippen LogP contribution in [0.2, 0.25) is 10.0 Å². The number of carbonyl (C=O) groups excluding carboxylic acids is 1. The van der Waals surface area contributed by atoms with Crippen LogP contribution in [0.5, 0.6) is 0 Å². The van der Waals surface area contributed by atoms with Crippen LogP contribution in [0.3, 0.4) is 0 Å². The summed E-state index contributed by atoms with van der Waals surface area (Å²) in [7, 11) is 0. The van der Waals surface area contributed by atoms with Crippen LogP contribution in [0.15, 0.2) is 24.3 Å². The monoisotopic (exact) mass is 436 g/mol. The predicted octanol–water partition coefficient (Wildman–Crippen LogP) is 3.85. The zero-order valence-corrected chi connectivity index (χ0v) is 18.0. The van der Waals surface area contributed by atoms with Crippen LogP contribution in [0.1, 0.15) is 41.9 Å². The number of rotatable bonds is 3. The lowest BCUT2D eigenvalue weighted by atomic mass is 9.86. The van der Waals surface area contributed by atoms with E-state index in [0.717, 1.165) is 38.0 Å². The third-order valence-corrected chi connectivity index (χ3v) is 6.49. The van der Waals surface area contributed by atoms with Crippen molar-refractivity contribution in [2.45, 2.75) is 44.8 Å². The molecule has 0 spiro atoms. The van der Waals surface area contributed by atoms with Crippen molar-refractivity contribution in [2.24, 2.45) is 11.7 Å². The number of halogens is 2. The lowest BCUT2D eigenvalue weighted by Crippen LogP contribution is -2.45. The van der Waals surface area contributed by atoms with Gasteiger partial charge in [0.25, 0.3) is 5.91 Å². The van der Waals surface area contributed by atoms with Crippen LogP contribution >= 0.6 is 23.2 Å². The zero-order chi connectivity index (χ0) is 20.5. The van der Waals surface area contributed by atoms with E-state index >= 15 is 0 Å². The van der Waals surface area contributed by atoms with Crippen molar-refractivity contribution in [1.82, 2.24) is 14.7 Å². The molecule has 8 heteroatoms. The lowest BCUT2D eigenvalue weighted by Gasteiger charge is -2.38. The molecular formula is C21H26Cl2N4O2. The average Bonchev–Trinajstić information content (AvgIpc) is 3.09. The summed E-state index contributed by atoms with van der Waals surface area (Å²) in [5.74, 6) is 0.425. The number of hydrogen-bond acceptors (Lipinski definition) is 4. The first-order chi connectivity index (χ1) is 13.9. The number of likely N-dealkylation sites (tertiary alicyclic amines) is 1. The van der Waals surface area contributed by atoms with Gasteiger partial charge in [-0.3, -0.25) is 4.79 Å². The summed E-state index contributed by atoms with van der Waals surface area (Å²) in [6.45, 7) is 4.08. The number of nitrogens with zero attached hydrogens (tertiary/aromatic N) is 3. The van der Waals surface area contributed by atoms with Gasteiger partial charge in [-0.2, -0.15) is 5.10 Å². The van der Waals surface area contributed by atoms with Crippen LogP contribution in [0.25, 0.3) is 5.69 Å². The Labute approximate surface area is 180 Å². The topological polar surface area (TPSA) is 73.4 Å². The van der Waals surface area contributed by atoms with Gasteiger partial charge in [-0.05, 0) is 62.8 Å². The normalized spacial score (nSPS) is 23.4. The molecule has 0 aliphatic carbocycles. The van der Waals surface area contributed by atoms with E-state index in [2.05, 4.69) is 5.10 Å². The molecule has 156 valence electrons. The van der Waals surface area contributed by atoms with Crippen LogP contribution in [0.4, 0.5) is 0 Å². The van der Waals surface area contributed by atoms with Gasteiger partial charge in [0.1, 0.15) is 0 Å². The van der Waals surface area contributed by atoms with E-state index in [1.54, 1.807) is 22.9 Å². The molecule has 2 fully saturated rings. The van der Waals surface area contributed by atoms with Crippen LogP contribution < -0.4 is 5.73 Å². The Morgan fingerprint density at radius 2 is 1.97 bits per heavy atom. The van der Waals surface area contributed by atoms with E-state index in [0.29, 0.717) is 40.4 Å². The third-order valence-electron chi connectivity index (χ3n) is 5.95. The minimum atomic E-state index is -0.0448. The molecule has 2 N–H and O–H groups in total. The highest BCUT2D eigenvalue weighted by Crippen LogP contribution is 2.29. The molecule has 2 atom stereocenters. The maximum absolute atomic E-state index is 13.0. The van der Waals surface area contributed by atoms with E-state index in [-0.39, 0.29) is 18.1 Å². The van der Waals surface area contributed by atoms with E-state index < -0.39 is 0 Å². The molecule has 0 saturated carbocycles. The summed E-state index contributed by atoms with van der Waals surface area (Å²) in [4.78, 5) is 14.9. The SMILES string of the molecule is Cc1cc(C(=O)N2CCC(C3CC(N)CCO3)CC2)nn1-c1ccc(Cl)cc1Cl. The molecule has 1 amide bonds. The first-order valence-electron chi connectivity index (χ1n) is 10.1. The number of benzene rings is 1. The maximum Gasteiger partial charge on any atom is 0.274 e. The Kier molecular flexibility index (Phi) is 6.16. The molecule has 1 aromatic heterocycles. The van der Waals surface area contributed by atoms with Gasteiger partial charge in [-0.1, -0.05) is 23.2 Å². The van der Waals surface area contributed by atoms with Crippen LogP contribution in [-0.2, 0) is 4.74 Å². The number of carbonyl (C=O) groups is 1. The molecule has 2 aliphatic rings. The lowest BCUT2D eigenvalue weighted by molar-refractivity contribution is -0.0420. The van der Waals surface area contributed by atoms with Gasteiger partial charge in [0, 0.05) is 36.5 Å². The second kappa shape index (κ2) is 8.64. The summed E-state index contributed by atoms with van der Waals surface area (Å²) in [5.41, 5.74) is 8.08. The number of amides is 1. The summed E-state index contributed by atoms with van der Waals surface area (Å²) in [6.07, 6.45) is 3.96. The Morgan fingerprint density at radius 1 is 1.21 bits per heavy atom. The van der Waals surface area contributed by atoms with Crippen LogP contribution in [0, 0.1) is 12.8 Å². The molecule has 1 aromatic carbocycles. The molecule has 0 bridgehead atoms. The molecule has 6 nitrogen and oxygen atoms in total. The fraction of sp³-hybridized carbons (Fsp3) is 0.524. The largest absolute Gasteiger partial charge is 0.378 e. The van der Waals surface area contributed by atoms with Gasteiger partial charge >= 0.3 is 0 Å². The Balaban J connectivity index is 1.43. The van der Waals surface area contributed by atoms with Crippen molar-refractivity contribution in [3.8, 4) is 5.69 Å². The fourth-order valence-corrected chi connectivity index (χ4v) is 4.78. The summed E-state index contributed by atoms with van der Waals surface area (Å²) >= 11 is 12.3. The standard InChI is InChI=1S/C21H26Cl2N4O2/c1-13-10-18(25-27(13)19-3-2-15(22)11-17(19)23)21(28)26-7-4-14(5-8-26)20-12-16(24)6-9-29-20/h2-3,10-11,14,16,20H,4-9,12,24H2,1H3. The second-order valence-corrected chi connectivity index (χ2v) is 8.85. The highest BCUT2D eigenvalue weighted by atomic mass is 35.5. The van der Waals surface area contributed by atoms with Gasteiger partial charge in [0.05, 0.1) is 16.8 Å². The molecule has 2 aliphatic heterocycles. The van der Waals surface area contributed by atoms with E-state index in [1.165, 1.54) is 0 Å². The first-order valence-corrected chi connectivity index (χ1v) is 10.9. The zero-order valence-electron chi connectivity index (χ0n) is 16.5.